The quantitative estimate of drug-likeness (QED) is 0.939. The number of rotatable bonds is 4. The molecule has 2 aliphatic rings. The molecule has 1 amide bonds. The van der Waals surface area contributed by atoms with E-state index < -0.39 is 12.0 Å². The van der Waals surface area contributed by atoms with Gasteiger partial charge in [0.25, 0.3) is 5.91 Å². The first-order valence-electron chi connectivity index (χ1n) is 8.00. The lowest BCUT2D eigenvalue weighted by atomic mass is 10.1. The Kier molecular flexibility index (Phi) is 3.49. The minimum atomic E-state index is -0.905. The lowest BCUT2D eigenvalue weighted by Gasteiger charge is -2.24. The van der Waals surface area contributed by atoms with Gasteiger partial charge in [0.1, 0.15) is 17.5 Å². The SMILES string of the molecule is O=C(O)[C@H]1[C@@H]2C[C@@H]2CN1C(=O)c1ccc(Oc2ccccc2)cc1. The lowest BCUT2D eigenvalue weighted by Crippen LogP contribution is -2.43. The molecule has 1 saturated heterocycles. The summed E-state index contributed by atoms with van der Waals surface area (Å²) in [6, 6.07) is 15.5. The van der Waals surface area contributed by atoms with Crippen LogP contribution in [0.1, 0.15) is 16.8 Å². The highest BCUT2D eigenvalue weighted by Crippen LogP contribution is 2.49. The molecule has 2 aromatic rings. The predicted octanol–water partition coefficient (Wildman–Crippen LogP) is 3.02. The van der Waals surface area contributed by atoms with Crippen LogP contribution in [0.5, 0.6) is 11.5 Å². The first-order chi connectivity index (χ1) is 11.6. The van der Waals surface area contributed by atoms with Crippen LogP contribution in [0.2, 0.25) is 0 Å². The predicted molar refractivity (Wildman–Crippen MR) is 87.0 cm³/mol. The number of para-hydroxylation sites is 1. The summed E-state index contributed by atoms with van der Waals surface area (Å²) in [4.78, 5) is 25.5. The standard InChI is InChI=1S/C19H17NO4/c21-18(20-11-13-10-16(13)17(20)19(22)23)12-6-8-15(9-7-12)24-14-4-2-1-3-5-14/h1-9,13,16-17H,10-11H2,(H,22,23)/t13-,16-,17-/m1/s1. The van der Waals surface area contributed by atoms with Gasteiger partial charge in [-0.3, -0.25) is 4.79 Å². The van der Waals surface area contributed by atoms with Gasteiger partial charge in [0.15, 0.2) is 0 Å². The molecule has 24 heavy (non-hydrogen) atoms. The van der Waals surface area contributed by atoms with Crippen LogP contribution in [0.3, 0.4) is 0 Å². The molecule has 122 valence electrons. The molecule has 1 aliphatic heterocycles. The van der Waals surface area contributed by atoms with Crippen molar-refractivity contribution in [2.75, 3.05) is 6.54 Å². The molecule has 3 atom stereocenters. The summed E-state index contributed by atoms with van der Waals surface area (Å²) < 4.78 is 5.70. The molecule has 1 N–H and O–H groups in total. The number of fused-ring (bicyclic) bond motifs is 1. The third-order valence-corrected chi connectivity index (χ3v) is 4.74. The Bertz CT molecular complexity index is 772. The Balaban J connectivity index is 1.48. The highest BCUT2D eigenvalue weighted by molar-refractivity contribution is 5.97. The fraction of sp³-hybridized carbons (Fsp3) is 0.263. The molecule has 1 aliphatic carbocycles. The van der Waals surface area contributed by atoms with Crippen molar-refractivity contribution in [3.8, 4) is 11.5 Å². The Morgan fingerprint density at radius 3 is 2.33 bits per heavy atom. The van der Waals surface area contributed by atoms with Crippen LogP contribution in [0.25, 0.3) is 0 Å². The first-order valence-corrected chi connectivity index (χ1v) is 8.00. The molecule has 2 aromatic carbocycles. The number of carbonyl (C=O) groups is 2. The Labute approximate surface area is 139 Å². The van der Waals surface area contributed by atoms with Crippen molar-refractivity contribution in [2.24, 2.45) is 11.8 Å². The van der Waals surface area contributed by atoms with Crippen LogP contribution < -0.4 is 4.74 Å². The van der Waals surface area contributed by atoms with Crippen molar-refractivity contribution in [3.63, 3.8) is 0 Å². The van der Waals surface area contributed by atoms with E-state index in [1.807, 2.05) is 30.3 Å². The van der Waals surface area contributed by atoms with E-state index in [4.69, 9.17) is 4.74 Å². The molecule has 0 spiro atoms. The molecule has 0 aromatic heterocycles. The number of amides is 1. The largest absolute Gasteiger partial charge is 0.480 e. The van der Waals surface area contributed by atoms with Gasteiger partial charge in [-0.25, -0.2) is 4.79 Å². The number of nitrogens with zero attached hydrogens (tertiary/aromatic N) is 1. The van der Waals surface area contributed by atoms with Crippen LogP contribution in [0.4, 0.5) is 0 Å². The highest BCUT2D eigenvalue weighted by atomic mass is 16.5. The minimum Gasteiger partial charge on any atom is -0.480 e. The number of carbonyl (C=O) groups excluding carboxylic acids is 1. The highest BCUT2D eigenvalue weighted by Gasteiger charge is 2.57. The average Bonchev–Trinajstić information content (AvgIpc) is 3.25. The number of carboxylic acid groups (broad SMARTS) is 1. The van der Waals surface area contributed by atoms with Crippen molar-refractivity contribution in [1.82, 2.24) is 4.90 Å². The van der Waals surface area contributed by atoms with E-state index in [9.17, 15) is 14.7 Å². The van der Waals surface area contributed by atoms with Gasteiger partial charge >= 0.3 is 5.97 Å². The fourth-order valence-corrected chi connectivity index (χ4v) is 3.45. The van der Waals surface area contributed by atoms with E-state index in [2.05, 4.69) is 0 Å². The summed E-state index contributed by atoms with van der Waals surface area (Å²) in [5.41, 5.74) is 0.489. The molecular formula is C19H17NO4. The van der Waals surface area contributed by atoms with Crippen LogP contribution in [-0.2, 0) is 4.79 Å². The Morgan fingerprint density at radius 2 is 1.67 bits per heavy atom. The number of benzene rings is 2. The van der Waals surface area contributed by atoms with Crippen molar-refractivity contribution in [1.29, 1.82) is 0 Å². The number of hydrogen-bond donors (Lipinski definition) is 1. The molecule has 0 radical (unpaired) electrons. The van der Waals surface area contributed by atoms with Crippen molar-refractivity contribution in [2.45, 2.75) is 12.5 Å². The summed E-state index contributed by atoms with van der Waals surface area (Å²) in [7, 11) is 0. The van der Waals surface area contributed by atoms with Gasteiger partial charge in [0.2, 0.25) is 0 Å². The second kappa shape index (κ2) is 5.67. The van der Waals surface area contributed by atoms with Crippen LogP contribution in [0, 0.1) is 11.8 Å². The molecule has 0 unspecified atom stereocenters. The first kappa shape index (κ1) is 14.8. The van der Waals surface area contributed by atoms with Crippen molar-refractivity contribution >= 4 is 11.9 Å². The van der Waals surface area contributed by atoms with Crippen molar-refractivity contribution in [3.05, 3.63) is 60.2 Å². The zero-order chi connectivity index (χ0) is 16.7. The van der Waals surface area contributed by atoms with E-state index in [-0.39, 0.29) is 11.8 Å². The van der Waals surface area contributed by atoms with Crippen LogP contribution >= 0.6 is 0 Å². The summed E-state index contributed by atoms with van der Waals surface area (Å²) in [6.45, 7) is 0.544. The summed E-state index contributed by atoms with van der Waals surface area (Å²) >= 11 is 0. The normalized spacial score (nSPS) is 24.3. The number of carboxylic acids is 1. The second-order valence-corrected chi connectivity index (χ2v) is 6.34. The number of aliphatic carboxylic acids is 1. The summed E-state index contributed by atoms with van der Waals surface area (Å²) in [6.07, 6.45) is 0.921. The maximum absolute atomic E-state index is 12.6. The molecule has 1 saturated carbocycles. The van der Waals surface area contributed by atoms with Gasteiger partial charge in [-0.15, -0.1) is 0 Å². The van der Waals surface area contributed by atoms with Gasteiger partial charge in [-0.1, -0.05) is 18.2 Å². The third kappa shape index (κ3) is 2.62. The molecular weight excluding hydrogens is 306 g/mol. The van der Waals surface area contributed by atoms with E-state index in [1.165, 1.54) is 4.90 Å². The molecule has 5 heteroatoms. The number of ether oxygens (including phenoxy) is 1. The van der Waals surface area contributed by atoms with Crippen molar-refractivity contribution < 1.29 is 19.4 Å². The Hall–Kier alpha value is -2.82. The van der Waals surface area contributed by atoms with Crippen LogP contribution in [0.15, 0.2) is 54.6 Å². The zero-order valence-corrected chi connectivity index (χ0v) is 13.0. The summed E-state index contributed by atoms with van der Waals surface area (Å²) in [5, 5.41) is 9.37. The number of hydrogen-bond acceptors (Lipinski definition) is 3. The zero-order valence-electron chi connectivity index (χ0n) is 13.0. The van der Waals surface area contributed by atoms with Gasteiger partial charge < -0.3 is 14.7 Å². The monoisotopic (exact) mass is 323 g/mol. The lowest BCUT2D eigenvalue weighted by molar-refractivity contribution is -0.142. The molecule has 5 nitrogen and oxygen atoms in total. The number of piperidine rings is 1. The van der Waals surface area contributed by atoms with E-state index in [0.717, 1.165) is 12.2 Å². The topological polar surface area (TPSA) is 66.8 Å². The fourth-order valence-electron chi connectivity index (χ4n) is 3.45. The van der Waals surface area contributed by atoms with Gasteiger partial charge in [-0.05, 0) is 54.7 Å². The number of likely N-dealkylation sites (tertiary alicyclic amines) is 1. The van der Waals surface area contributed by atoms with Gasteiger partial charge in [-0.2, -0.15) is 0 Å². The average molecular weight is 323 g/mol. The van der Waals surface area contributed by atoms with E-state index >= 15 is 0 Å². The maximum atomic E-state index is 12.6. The van der Waals surface area contributed by atoms with E-state index in [0.29, 0.717) is 23.8 Å². The third-order valence-electron chi connectivity index (χ3n) is 4.74. The summed E-state index contributed by atoms with van der Waals surface area (Å²) in [5.74, 6) is 0.722. The second-order valence-electron chi connectivity index (χ2n) is 6.34. The Morgan fingerprint density at radius 1 is 1.00 bits per heavy atom. The molecule has 1 heterocycles. The van der Waals surface area contributed by atoms with E-state index in [1.54, 1.807) is 24.3 Å². The van der Waals surface area contributed by atoms with Gasteiger partial charge in [0, 0.05) is 12.1 Å². The molecule has 0 bridgehead atoms. The maximum Gasteiger partial charge on any atom is 0.326 e. The smallest absolute Gasteiger partial charge is 0.326 e. The molecule has 2 fully saturated rings. The molecule has 4 rings (SSSR count). The van der Waals surface area contributed by atoms with Gasteiger partial charge in [0.05, 0.1) is 0 Å². The minimum absolute atomic E-state index is 0.132. The van der Waals surface area contributed by atoms with Crippen LogP contribution in [-0.4, -0.2) is 34.5 Å².